The molecule has 1 heterocycles. The van der Waals surface area contributed by atoms with Crippen LogP contribution in [0.5, 0.6) is 0 Å². The van der Waals surface area contributed by atoms with Gasteiger partial charge in [0.05, 0.1) is 16.7 Å². The molecule has 0 saturated carbocycles. The summed E-state index contributed by atoms with van der Waals surface area (Å²) in [4.78, 5) is 17.0. The first kappa shape index (κ1) is 11.9. The number of halogens is 1. The molecule has 1 atom stereocenters. The molecule has 4 nitrogen and oxygen atoms in total. The predicted molar refractivity (Wildman–Crippen MR) is 57.9 cm³/mol. The zero-order valence-electron chi connectivity index (χ0n) is 8.64. The standard InChI is InChI=1S/C10H13ClN2O2/c1-7(14)6-13(2)10(15)8-3-4-12-5-9(8)11/h3-5,7,14H,6H2,1-2H3. The van der Waals surface area contributed by atoms with Gasteiger partial charge in [0.1, 0.15) is 0 Å². The van der Waals surface area contributed by atoms with Gasteiger partial charge in [-0.1, -0.05) is 11.6 Å². The Balaban J connectivity index is 2.81. The number of hydrogen-bond acceptors (Lipinski definition) is 3. The summed E-state index contributed by atoms with van der Waals surface area (Å²) in [5.74, 6) is -0.219. The number of nitrogens with zero attached hydrogens (tertiary/aromatic N) is 2. The van der Waals surface area contributed by atoms with Gasteiger partial charge < -0.3 is 10.0 Å². The SMILES string of the molecule is CC(O)CN(C)C(=O)c1ccncc1Cl. The van der Waals surface area contributed by atoms with Crippen LogP contribution in [0, 0.1) is 0 Å². The minimum atomic E-state index is -0.556. The van der Waals surface area contributed by atoms with Crippen LogP contribution in [0.1, 0.15) is 17.3 Å². The van der Waals surface area contributed by atoms with Crippen LogP contribution in [-0.2, 0) is 0 Å². The summed E-state index contributed by atoms with van der Waals surface area (Å²) >= 11 is 5.83. The fraction of sp³-hybridized carbons (Fsp3) is 0.400. The first-order valence-corrected chi connectivity index (χ1v) is 4.93. The van der Waals surface area contributed by atoms with E-state index < -0.39 is 6.10 Å². The molecule has 0 aliphatic rings. The van der Waals surface area contributed by atoms with Gasteiger partial charge in [-0.25, -0.2) is 0 Å². The highest BCUT2D eigenvalue weighted by molar-refractivity contribution is 6.33. The van der Waals surface area contributed by atoms with E-state index in [4.69, 9.17) is 16.7 Å². The molecule has 0 fully saturated rings. The zero-order valence-corrected chi connectivity index (χ0v) is 9.40. The van der Waals surface area contributed by atoms with Crippen molar-refractivity contribution in [2.75, 3.05) is 13.6 Å². The van der Waals surface area contributed by atoms with Gasteiger partial charge in [-0.05, 0) is 13.0 Å². The highest BCUT2D eigenvalue weighted by Crippen LogP contribution is 2.15. The quantitative estimate of drug-likeness (QED) is 0.846. The second-order valence-electron chi connectivity index (χ2n) is 3.39. The summed E-state index contributed by atoms with van der Waals surface area (Å²) in [6.07, 6.45) is 2.37. The van der Waals surface area contributed by atoms with E-state index >= 15 is 0 Å². The van der Waals surface area contributed by atoms with Gasteiger partial charge in [-0.3, -0.25) is 9.78 Å². The number of amides is 1. The Morgan fingerprint density at radius 2 is 2.40 bits per heavy atom. The fourth-order valence-electron chi connectivity index (χ4n) is 1.23. The molecule has 82 valence electrons. The van der Waals surface area contributed by atoms with Crippen molar-refractivity contribution in [3.05, 3.63) is 29.0 Å². The van der Waals surface area contributed by atoms with Crippen LogP contribution in [0.3, 0.4) is 0 Å². The third-order valence-electron chi connectivity index (χ3n) is 1.89. The molecule has 0 aliphatic carbocycles. The Hall–Kier alpha value is -1.13. The summed E-state index contributed by atoms with van der Waals surface area (Å²) in [6, 6.07) is 1.56. The molecule has 0 bridgehead atoms. The second kappa shape index (κ2) is 5.09. The molecule has 0 aromatic carbocycles. The van der Waals surface area contributed by atoms with E-state index in [2.05, 4.69) is 4.98 Å². The number of aliphatic hydroxyl groups is 1. The molecule has 15 heavy (non-hydrogen) atoms. The molecule has 1 amide bonds. The summed E-state index contributed by atoms with van der Waals surface area (Å²) in [5, 5.41) is 9.47. The molecule has 5 heteroatoms. The predicted octanol–water partition coefficient (Wildman–Crippen LogP) is 1.19. The van der Waals surface area contributed by atoms with Crippen LogP contribution >= 0.6 is 11.6 Å². The number of aromatic nitrogens is 1. The smallest absolute Gasteiger partial charge is 0.255 e. The lowest BCUT2D eigenvalue weighted by Gasteiger charge is -2.19. The second-order valence-corrected chi connectivity index (χ2v) is 3.80. The van der Waals surface area contributed by atoms with Gasteiger partial charge in [0.2, 0.25) is 0 Å². The molecule has 1 aromatic heterocycles. The normalized spacial score (nSPS) is 12.3. The molecule has 0 spiro atoms. The molecule has 1 N–H and O–H groups in total. The van der Waals surface area contributed by atoms with Crippen molar-refractivity contribution in [1.29, 1.82) is 0 Å². The van der Waals surface area contributed by atoms with Crippen molar-refractivity contribution in [2.24, 2.45) is 0 Å². The van der Waals surface area contributed by atoms with E-state index in [1.807, 2.05) is 0 Å². The van der Waals surface area contributed by atoms with Gasteiger partial charge in [0.15, 0.2) is 0 Å². The van der Waals surface area contributed by atoms with Crippen LogP contribution in [0.25, 0.3) is 0 Å². The molecule has 0 radical (unpaired) electrons. The maximum absolute atomic E-state index is 11.8. The molecule has 1 unspecified atom stereocenters. The minimum absolute atomic E-state index is 0.219. The van der Waals surface area contributed by atoms with Gasteiger partial charge >= 0.3 is 0 Å². The van der Waals surface area contributed by atoms with Gasteiger partial charge in [0.25, 0.3) is 5.91 Å². The monoisotopic (exact) mass is 228 g/mol. The van der Waals surface area contributed by atoms with Gasteiger partial charge in [-0.2, -0.15) is 0 Å². The Bertz CT molecular complexity index is 355. The van der Waals surface area contributed by atoms with E-state index in [1.54, 1.807) is 20.0 Å². The van der Waals surface area contributed by atoms with Crippen molar-refractivity contribution < 1.29 is 9.90 Å². The topological polar surface area (TPSA) is 53.4 Å². The third-order valence-corrected chi connectivity index (χ3v) is 2.19. The lowest BCUT2D eigenvalue weighted by atomic mass is 10.2. The number of aliphatic hydroxyl groups excluding tert-OH is 1. The van der Waals surface area contributed by atoms with Gasteiger partial charge in [0, 0.05) is 26.0 Å². The fourth-order valence-corrected chi connectivity index (χ4v) is 1.43. The summed E-state index contributed by atoms with van der Waals surface area (Å²) in [7, 11) is 1.62. The van der Waals surface area contributed by atoms with E-state index in [0.717, 1.165) is 0 Å². The van der Waals surface area contributed by atoms with E-state index in [-0.39, 0.29) is 12.5 Å². The summed E-state index contributed by atoms with van der Waals surface area (Å²) in [6.45, 7) is 1.90. The number of carbonyl (C=O) groups excluding carboxylic acids is 1. The summed E-state index contributed by atoms with van der Waals surface area (Å²) < 4.78 is 0. The van der Waals surface area contributed by atoms with Crippen molar-refractivity contribution in [1.82, 2.24) is 9.88 Å². The van der Waals surface area contributed by atoms with Crippen LogP contribution < -0.4 is 0 Å². The number of hydrogen-bond donors (Lipinski definition) is 1. The van der Waals surface area contributed by atoms with Crippen LogP contribution in [0.2, 0.25) is 5.02 Å². The lowest BCUT2D eigenvalue weighted by Crippen LogP contribution is -2.33. The maximum atomic E-state index is 11.8. The lowest BCUT2D eigenvalue weighted by molar-refractivity contribution is 0.0704. The number of pyridine rings is 1. The molecular formula is C10H13ClN2O2. The van der Waals surface area contributed by atoms with Crippen LogP contribution in [0.4, 0.5) is 0 Å². The highest BCUT2D eigenvalue weighted by Gasteiger charge is 2.15. The first-order valence-electron chi connectivity index (χ1n) is 4.55. The van der Waals surface area contributed by atoms with Crippen molar-refractivity contribution in [3.63, 3.8) is 0 Å². The van der Waals surface area contributed by atoms with Gasteiger partial charge in [-0.15, -0.1) is 0 Å². The first-order chi connectivity index (χ1) is 7.02. The van der Waals surface area contributed by atoms with Crippen molar-refractivity contribution in [3.8, 4) is 0 Å². The largest absolute Gasteiger partial charge is 0.392 e. The average molecular weight is 229 g/mol. The Labute approximate surface area is 93.5 Å². The van der Waals surface area contributed by atoms with Crippen LogP contribution in [-0.4, -0.2) is 40.6 Å². The van der Waals surface area contributed by atoms with Crippen molar-refractivity contribution >= 4 is 17.5 Å². The molecule has 0 aliphatic heterocycles. The third kappa shape index (κ3) is 3.18. The Morgan fingerprint density at radius 3 is 2.93 bits per heavy atom. The maximum Gasteiger partial charge on any atom is 0.255 e. The molecule has 1 rings (SSSR count). The Kier molecular flexibility index (Phi) is 4.05. The molecule has 1 aromatic rings. The summed E-state index contributed by atoms with van der Waals surface area (Å²) in [5.41, 5.74) is 0.398. The van der Waals surface area contributed by atoms with Crippen LogP contribution in [0.15, 0.2) is 18.5 Å². The zero-order chi connectivity index (χ0) is 11.4. The number of rotatable bonds is 3. The highest BCUT2D eigenvalue weighted by atomic mass is 35.5. The molecular weight excluding hydrogens is 216 g/mol. The Morgan fingerprint density at radius 1 is 1.73 bits per heavy atom. The minimum Gasteiger partial charge on any atom is -0.392 e. The van der Waals surface area contributed by atoms with E-state index in [1.165, 1.54) is 17.3 Å². The van der Waals surface area contributed by atoms with E-state index in [0.29, 0.717) is 10.6 Å². The number of carbonyl (C=O) groups is 1. The molecule has 0 saturated heterocycles. The average Bonchev–Trinajstić information content (AvgIpc) is 2.16. The number of likely N-dealkylation sites (N-methyl/N-ethyl adjacent to an activating group) is 1. The van der Waals surface area contributed by atoms with Crippen molar-refractivity contribution in [2.45, 2.75) is 13.0 Å². The van der Waals surface area contributed by atoms with E-state index in [9.17, 15) is 4.79 Å².